The lowest BCUT2D eigenvalue weighted by Gasteiger charge is -2.01. The Morgan fingerprint density at radius 1 is 1.20 bits per heavy atom. The third-order valence-electron chi connectivity index (χ3n) is 2.93. The molecule has 100 valence electrons. The molecule has 3 rings (SSSR count). The zero-order valence-electron chi connectivity index (χ0n) is 10.0. The largest absolute Gasteiger partial charge is 0.478 e. The van der Waals surface area contributed by atoms with Crippen molar-refractivity contribution in [1.29, 1.82) is 0 Å². The summed E-state index contributed by atoms with van der Waals surface area (Å²) in [6, 6.07) is 10.8. The molecule has 0 radical (unpaired) electrons. The number of carboxylic acid groups (broad SMARTS) is 1. The number of fused-ring (bicyclic) bond motifs is 1. The van der Waals surface area contributed by atoms with Crippen molar-refractivity contribution in [3.8, 4) is 11.4 Å². The highest BCUT2D eigenvalue weighted by Gasteiger charge is 2.14. The number of nitrogens with one attached hydrogen (secondary N) is 1. The van der Waals surface area contributed by atoms with Crippen LogP contribution in [0.3, 0.4) is 0 Å². The van der Waals surface area contributed by atoms with Crippen molar-refractivity contribution in [3.63, 3.8) is 0 Å². The summed E-state index contributed by atoms with van der Waals surface area (Å²) in [5.41, 5.74) is 2.22. The van der Waals surface area contributed by atoms with Crippen LogP contribution in [0.1, 0.15) is 10.4 Å². The Balaban J connectivity index is 2.26. The molecular formula is C14H8Br2N2O2. The number of imidazole rings is 1. The van der Waals surface area contributed by atoms with E-state index in [1.807, 2.05) is 24.3 Å². The number of H-pyrrole nitrogens is 1. The van der Waals surface area contributed by atoms with Gasteiger partial charge in [-0.3, -0.25) is 0 Å². The molecule has 0 amide bonds. The summed E-state index contributed by atoms with van der Waals surface area (Å²) in [6.07, 6.45) is 0. The molecule has 0 bridgehead atoms. The number of benzene rings is 2. The summed E-state index contributed by atoms with van der Waals surface area (Å²) < 4.78 is 1.81. The third-order valence-corrected chi connectivity index (χ3v) is 4.11. The number of hydrogen-bond acceptors (Lipinski definition) is 2. The molecule has 20 heavy (non-hydrogen) atoms. The number of aromatic amines is 1. The molecule has 1 aromatic heterocycles. The lowest BCUT2D eigenvalue weighted by Crippen LogP contribution is -1.96. The second kappa shape index (κ2) is 5.03. The minimum absolute atomic E-state index is 0.191. The highest BCUT2D eigenvalue weighted by Crippen LogP contribution is 2.31. The van der Waals surface area contributed by atoms with E-state index in [-0.39, 0.29) is 5.56 Å². The summed E-state index contributed by atoms with van der Waals surface area (Å²) in [4.78, 5) is 18.8. The molecule has 0 fully saturated rings. The van der Waals surface area contributed by atoms with Crippen molar-refractivity contribution >= 4 is 48.9 Å². The maximum absolute atomic E-state index is 11.2. The Kier molecular flexibility index (Phi) is 3.35. The molecule has 0 atom stereocenters. The second-order valence-electron chi connectivity index (χ2n) is 4.22. The Labute approximate surface area is 131 Å². The topological polar surface area (TPSA) is 66.0 Å². The van der Waals surface area contributed by atoms with Crippen molar-refractivity contribution < 1.29 is 9.90 Å². The first-order valence-corrected chi connectivity index (χ1v) is 7.32. The fourth-order valence-electron chi connectivity index (χ4n) is 2.01. The van der Waals surface area contributed by atoms with Gasteiger partial charge >= 0.3 is 5.97 Å². The van der Waals surface area contributed by atoms with Crippen LogP contribution in [0.2, 0.25) is 0 Å². The van der Waals surface area contributed by atoms with E-state index in [0.717, 1.165) is 14.5 Å². The summed E-state index contributed by atoms with van der Waals surface area (Å²) in [6.45, 7) is 0. The average molecular weight is 396 g/mol. The van der Waals surface area contributed by atoms with Crippen molar-refractivity contribution in [2.24, 2.45) is 0 Å². The van der Waals surface area contributed by atoms with Crippen molar-refractivity contribution in [1.82, 2.24) is 9.97 Å². The van der Waals surface area contributed by atoms with Gasteiger partial charge in [-0.25, -0.2) is 9.78 Å². The Morgan fingerprint density at radius 2 is 2.00 bits per heavy atom. The number of halogens is 2. The molecule has 0 saturated carbocycles. The SMILES string of the molecule is O=C(O)c1cccc2[nH]c(-c3cc(Br)ccc3Br)nc12. The number of rotatable bonds is 2. The molecule has 2 N–H and O–H groups in total. The minimum atomic E-state index is -0.984. The third kappa shape index (κ3) is 2.25. The molecule has 4 nitrogen and oxygen atoms in total. The van der Waals surface area contributed by atoms with E-state index in [0.29, 0.717) is 16.9 Å². The van der Waals surface area contributed by atoms with Gasteiger partial charge in [-0.15, -0.1) is 0 Å². The van der Waals surface area contributed by atoms with Gasteiger partial charge in [-0.2, -0.15) is 0 Å². The van der Waals surface area contributed by atoms with Gasteiger partial charge in [0.15, 0.2) is 0 Å². The molecule has 0 unspecified atom stereocenters. The van der Waals surface area contributed by atoms with Gasteiger partial charge in [0, 0.05) is 14.5 Å². The zero-order valence-corrected chi connectivity index (χ0v) is 13.2. The van der Waals surface area contributed by atoms with Crippen LogP contribution in [0.25, 0.3) is 22.4 Å². The number of hydrogen-bond donors (Lipinski definition) is 2. The van der Waals surface area contributed by atoms with Gasteiger partial charge in [0.1, 0.15) is 11.3 Å². The zero-order chi connectivity index (χ0) is 14.3. The summed E-state index contributed by atoms with van der Waals surface area (Å²) in [7, 11) is 0. The van der Waals surface area contributed by atoms with E-state index in [9.17, 15) is 9.90 Å². The lowest BCUT2D eigenvalue weighted by atomic mass is 10.2. The molecule has 0 aliphatic heterocycles. The lowest BCUT2D eigenvalue weighted by molar-refractivity contribution is 0.0699. The monoisotopic (exact) mass is 394 g/mol. The predicted molar refractivity (Wildman–Crippen MR) is 83.9 cm³/mol. The maximum atomic E-state index is 11.2. The average Bonchev–Trinajstić information content (AvgIpc) is 2.84. The summed E-state index contributed by atoms with van der Waals surface area (Å²) in [5.74, 6) is -0.358. The highest BCUT2D eigenvalue weighted by atomic mass is 79.9. The second-order valence-corrected chi connectivity index (χ2v) is 5.99. The fraction of sp³-hybridized carbons (Fsp3) is 0. The number of carboxylic acids is 1. The molecule has 0 aliphatic rings. The van der Waals surface area contributed by atoms with Crippen molar-refractivity contribution in [3.05, 3.63) is 50.9 Å². The summed E-state index contributed by atoms with van der Waals surface area (Å²) in [5, 5.41) is 9.19. The Bertz CT molecular complexity index is 827. The van der Waals surface area contributed by atoms with E-state index in [2.05, 4.69) is 41.8 Å². The Hall–Kier alpha value is -1.66. The first-order chi connectivity index (χ1) is 9.56. The van der Waals surface area contributed by atoms with Gasteiger partial charge in [-0.1, -0.05) is 37.9 Å². The van der Waals surface area contributed by atoms with Crippen LogP contribution in [-0.2, 0) is 0 Å². The fourth-order valence-corrected chi connectivity index (χ4v) is 2.81. The van der Waals surface area contributed by atoms with Crippen LogP contribution in [0.5, 0.6) is 0 Å². The molecular weight excluding hydrogens is 388 g/mol. The highest BCUT2D eigenvalue weighted by molar-refractivity contribution is 9.11. The first-order valence-electron chi connectivity index (χ1n) is 5.73. The van der Waals surface area contributed by atoms with Crippen LogP contribution < -0.4 is 0 Å². The van der Waals surface area contributed by atoms with E-state index in [4.69, 9.17) is 0 Å². The van der Waals surface area contributed by atoms with Crippen LogP contribution in [0.15, 0.2) is 45.3 Å². The maximum Gasteiger partial charge on any atom is 0.337 e. The molecule has 0 saturated heterocycles. The van der Waals surface area contributed by atoms with Crippen LogP contribution >= 0.6 is 31.9 Å². The van der Waals surface area contributed by atoms with Crippen molar-refractivity contribution in [2.45, 2.75) is 0 Å². The Morgan fingerprint density at radius 3 is 2.75 bits per heavy atom. The molecule has 0 spiro atoms. The smallest absolute Gasteiger partial charge is 0.337 e. The van der Waals surface area contributed by atoms with Crippen LogP contribution in [-0.4, -0.2) is 21.0 Å². The minimum Gasteiger partial charge on any atom is -0.478 e. The van der Waals surface area contributed by atoms with E-state index < -0.39 is 5.97 Å². The van der Waals surface area contributed by atoms with Gasteiger partial charge < -0.3 is 10.1 Å². The molecule has 1 heterocycles. The van der Waals surface area contributed by atoms with Gasteiger partial charge in [0.2, 0.25) is 0 Å². The molecule has 3 aromatic rings. The van der Waals surface area contributed by atoms with Gasteiger partial charge in [-0.05, 0) is 30.3 Å². The molecule has 6 heteroatoms. The van der Waals surface area contributed by atoms with Crippen molar-refractivity contribution in [2.75, 3.05) is 0 Å². The number of aromatic carboxylic acids is 1. The number of nitrogens with zero attached hydrogens (tertiary/aromatic N) is 1. The number of carbonyl (C=O) groups is 1. The van der Waals surface area contributed by atoms with Crippen LogP contribution in [0.4, 0.5) is 0 Å². The first kappa shape index (κ1) is 13.3. The number of para-hydroxylation sites is 1. The molecule has 2 aromatic carbocycles. The van der Waals surface area contributed by atoms with Crippen LogP contribution in [0, 0.1) is 0 Å². The normalized spacial score (nSPS) is 10.9. The quantitative estimate of drug-likeness (QED) is 0.673. The standard InChI is InChI=1S/C14H8Br2N2O2/c15-7-4-5-10(16)9(6-7)13-17-11-3-1-2-8(14(19)20)12(11)18-13/h1-6H,(H,17,18)(H,19,20). The molecule has 0 aliphatic carbocycles. The summed E-state index contributed by atoms with van der Waals surface area (Å²) >= 11 is 6.89. The van der Waals surface area contributed by atoms with Gasteiger partial charge in [0.25, 0.3) is 0 Å². The predicted octanol–water partition coefficient (Wildman–Crippen LogP) is 4.45. The van der Waals surface area contributed by atoms with E-state index in [1.54, 1.807) is 12.1 Å². The number of aromatic nitrogens is 2. The van der Waals surface area contributed by atoms with E-state index >= 15 is 0 Å². The van der Waals surface area contributed by atoms with E-state index in [1.165, 1.54) is 0 Å². The van der Waals surface area contributed by atoms with Gasteiger partial charge in [0.05, 0.1) is 11.1 Å².